The molecule has 0 unspecified atom stereocenters. The Labute approximate surface area is 202 Å². The van der Waals surface area contributed by atoms with E-state index >= 15 is 0 Å². The largest absolute Gasteiger partial charge is 0.306 e. The fraction of sp³-hybridized carbons (Fsp3) is 0.280. The highest BCUT2D eigenvalue weighted by molar-refractivity contribution is 7.98. The SMILES string of the molecule is CCc1ccc(N(C(C)=O)c2nc(CSc3nnc(Cc4ccccc4)n3CC)cs2)cc1. The Morgan fingerprint density at radius 3 is 2.45 bits per heavy atom. The van der Waals surface area contributed by atoms with Gasteiger partial charge >= 0.3 is 0 Å². The summed E-state index contributed by atoms with van der Waals surface area (Å²) in [5, 5.41) is 12.4. The predicted octanol–water partition coefficient (Wildman–Crippen LogP) is 5.88. The van der Waals surface area contributed by atoms with Crippen LogP contribution in [0.3, 0.4) is 0 Å². The first-order valence-electron chi connectivity index (χ1n) is 11.0. The van der Waals surface area contributed by atoms with E-state index in [0.717, 1.165) is 41.7 Å². The average molecular weight is 478 g/mol. The fourth-order valence-electron chi connectivity index (χ4n) is 3.56. The number of carbonyl (C=O) groups excluding carboxylic acids is 1. The van der Waals surface area contributed by atoms with Gasteiger partial charge < -0.3 is 4.57 Å². The summed E-state index contributed by atoms with van der Waals surface area (Å²) in [6.45, 7) is 6.61. The number of carbonyl (C=O) groups is 1. The van der Waals surface area contributed by atoms with Crippen molar-refractivity contribution in [3.05, 3.63) is 82.6 Å². The minimum absolute atomic E-state index is 0.0518. The van der Waals surface area contributed by atoms with Crippen molar-refractivity contribution in [3.63, 3.8) is 0 Å². The summed E-state index contributed by atoms with van der Waals surface area (Å²) >= 11 is 3.10. The fourth-order valence-corrected chi connectivity index (χ4v) is 5.47. The molecule has 6 nitrogen and oxygen atoms in total. The van der Waals surface area contributed by atoms with Crippen LogP contribution in [0.4, 0.5) is 10.8 Å². The van der Waals surface area contributed by atoms with E-state index in [2.05, 4.69) is 52.9 Å². The second-order valence-electron chi connectivity index (χ2n) is 7.59. The van der Waals surface area contributed by atoms with Crippen molar-refractivity contribution in [3.8, 4) is 0 Å². The zero-order chi connectivity index (χ0) is 23.2. The van der Waals surface area contributed by atoms with Crippen molar-refractivity contribution in [1.29, 1.82) is 0 Å². The minimum Gasteiger partial charge on any atom is -0.306 e. The van der Waals surface area contributed by atoms with Crippen LogP contribution in [0.25, 0.3) is 0 Å². The summed E-state index contributed by atoms with van der Waals surface area (Å²) in [5.41, 5.74) is 4.22. The minimum atomic E-state index is -0.0518. The maximum atomic E-state index is 12.4. The van der Waals surface area contributed by atoms with Gasteiger partial charge in [-0.05, 0) is 36.6 Å². The molecule has 2 aromatic heterocycles. The van der Waals surface area contributed by atoms with Crippen LogP contribution in [0.15, 0.2) is 65.1 Å². The van der Waals surface area contributed by atoms with Gasteiger partial charge in [0.25, 0.3) is 0 Å². The first kappa shape index (κ1) is 23.2. The third-order valence-electron chi connectivity index (χ3n) is 5.31. The number of aryl methyl sites for hydroxylation is 1. The van der Waals surface area contributed by atoms with Crippen LogP contribution in [0, 0.1) is 0 Å². The molecule has 0 spiro atoms. The molecule has 170 valence electrons. The number of aromatic nitrogens is 4. The molecule has 0 fully saturated rings. The van der Waals surface area contributed by atoms with Gasteiger partial charge in [0.15, 0.2) is 10.3 Å². The number of amides is 1. The topological polar surface area (TPSA) is 63.9 Å². The molecule has 0 aliphatic heterocycles. The number of anilines is 2. The summed E-state index contributed by atoms with van der Waals surface area (Å²) in [6, 6.07) is 18.4. The normalized spacial score (nSPS) is 11.0. The standard InChI is InChI=1S/C25H27N5OS2/c1-4-19-11-13-22(14-12-19)30(18(3)31)24-26-21(16-32-24)17-33-25-28-27-23(29(25)5-2)15-20-9-7-6-8-10-20/h6-14,16H,4-5,15,17H2,1-3H3. The first-order chi connectivity index (χ1) is 16.1. The van der Waals surface area contributed by atoms with Crippen LogP contribution in [0.5, 0.6) is 0 Å². The van der Waals surface area contributed by atoms with E-state index in [9.17, 15) is 4.79 Å². The Morgan fingerprint density at radius 2 is 1.79 bits per heavy atom. The van der Waals surface area contributed by atoms with Gasteiger partial charge in [-0.25, -0.2) is 4.98 Å². The molecule has 0 saturated heterocycles. The summed E-state index contributed by atoms with van der Waals surface area (Å²) in [6.07, 6.45) is 1.72. The third kappa shape index (κ3) is 5.51. The van der Waals surface area contributed by atoms with Crippen molar-refractivity contribution < 1.29 is 4.79 Å². The van der Waals surface area contributed by atoms with Crippen LogP contribution >= 0.6 is 23.1 Å². The zero-order valence-corrected chi connectivity index (χ0v) is 20.7. The number of hydrogen-bond donors (Lipinski definition) is 0. The molecule has 0 saturated carbocycles. The van der Waals surface area contributed by atoms with Gasteiger partial charge in [-0.15, -0.1) is 21.5 Å². The molecule has 0 aliphatic rings. The van der Waals surface area contributed by atoms with Crippen LogP contribution in [-0.4, -0.2) is 25.7 Å². The van der Waals surface area contributed by atoms with E-state index in [1.807, 2.05) is 35.7 Å². The first-order valence-corrected chi connectivity index (χ1v) is 12.9. The summed E-state index contributed by atoms with van der Waals surface area (Å²) in [4.78, 5) is 18.8. The average Bonchev–Trinajstić information content (AvgIpc) is 3.45. The Hall–Kier alpha value is -2.97. The summed E-state index contributed by atoms with van der Waals surface area (Å²) < 4.78 is 2.15. The maximum Gasteiger partial charge on any atom is 0.230 e. The highest BCUT2D eigenvalue weighted by atomic mass is 32.2. The van der Waals surface area contributed by atoms with Crippen LogP contribution in [0.1, 0.15) is 43.4 Å². The van der Waals surface area contributed by atoms with Crippen molar-refractivity contribution in [1.82, 2.24) is 19.7 Å². The van der Waals surface area contributed by atoms with Crippen LogP contribution < -0.4 is 4.90 Å². The molecule has 0 bridgehead atoms. The lowest BCUT2D eigenvalue weighted by Gasteiger charge is -2.18. The number of rotatable bonds is 9. The van der Waals surface area contributed by atoms with E-state index in [-0.39, 0.29) is 5.91 Å². The van der Waals surface area contributed by atoms with Gasteiger partial charge in [0, 0.05) is 31.0 Å². The summed E-state index contributed by atoms with van der Waals surface area (Å²) in [7, 11) is 0. The molecule has 2 heterocycles. The maximum absolute atomic E-state index is 12.4. The number of nitrogens with zero attached hydrogens (tertiary/aromatic N) is 5. The third-order valence-corrected chi connectivity index (χ3v) is 7.19. The lowest BCUT2D eigenvalue weighted by molar-refractivity contribution is -0.115. The second-order valence-corrected chi connectivity index (χ2v) is 9.37. The molecule has 1 amide bonds. The monoisotopic (exact) mass is 477 g/mol. The van der Waals surface area contributed by atoms with E-state index in [4.69, 9.17) is 4.98 Å². The van der Waals surface area contributed by atoms with Crippen LogP contribution in [0.2, 0.25) is 0 Å². The van der Waals surface area contributed by atoms with Gasteiger partial charge in [0.05, 0.1) is 11.4 Å². The Bertz CT molecular complexity index is 1200. The van der Waals surface area contributed by atoms with Crippen molar-refractivity contribution >= 4 is 39.8 Å². The van der Waals surface area contributed by atoms with Gasteiger partial charge in [0.2, 0.25) is 5.91 Å². The highest BCUT2D eigenvalue weighted by Gasteiger charge is 2.19. The molecule has 33 heavy (non-hydrogen) atoms. The number of thioether (sulfide) groups is 1. The van der Waals surface area contributed by atoms with E-state index in [1.54, 1.807) is 23.6 Å². The molecule has 0 atom stereocenters. The lowest BCUT2D eigenvalue weighted by atomic mass is 10.1. The quantitative estimate of drug-likeness (QED) is 0.282. The van der Waals surface area contributed by atoms with Gasteiger partial charge in [-0.2, -0.15) is 0 Å². The lowest BCUT2D eigenvalue weighted by Crippen LogP contribution is -2.22. The van der Waals surface area contributed by atoms with Crippen molar-refractivity contribution in [2.75, 3.05) is 4.90 Å². The molecule has 8 heteroatoms. The molecule has 0 N–H and O–H groups in total. The Balaban J connectivity index is 1.46. The van der Waals surface area contributed by atoms with Gasteiger partial charge in [-0.3, -0.25) is 9.69 Å². The summed E-state index contributed by atoms with van der Waals surface area (Å²) in [5.74, 6) is 1.58. The molecule has 0 radical (unpaired) electrons. The molecule has 0 aliphatic carbocycles. The van der Waals surface area contributed by atoms with E-state index < -0.39 is 0 Å². The molecule has 2 aromatic carbocycles. The van der Waals surface area contributed by atoms with Crippen molar-refractivity contribution in [2.24, 2.45) is 0 Å². The zero-order valence-electron chi connectivity index (χ0n) is 19.1. The highest BCUT2D eigenvalue weighted by Crippen LogP contribution is 2.31. The van der Waals surface area contributed by atoms with E-state index in [0.29, 0.717) is 10.9 Å². The van der Waals surface area contributed by atoms with Gasteiger partial charge in [0.1, 0.15) is 5.82 Å². The smallest absolute Gasteiger partial charge is 0.230 e. The van der Waals surface area contributed by atoms with Gasteiger partial charge in [-0.1, -0.05) is 61.2 Å². The molecular formula is C25H27N5OS2. The molecular weight excluding hydrogens is 450 g/mol. The van der Waals surface area contributed by atoms with Crippen LogP contribution in [-0.2, 0) is 29.9 Å². The number of hydrogen-bond acceptors (Lipinski definition) is 6. The molecule has 4 aromatic rings. The number of benzene rings is 2. The Morgan fingerprint density at radius 1 is 1.03 bits per heavy atom. The van der Waals surface area contributed by atoms with E-state index in [1.165, 1.54) is 22.5 Å². The molecule has 4 rings (SSSR count). The Kier molecular flexibility index (Phi) is 7.57. The number of thiazole rings is 1. The second kappa shape index (κ2) is 10.8. The predicted molar refractivity (Wildman–Crippen MR) is 135 cm³/mol. The van der Waals surface area contributed by atoms with Crippen molar-refractivity contribution in [2.45, 2.75) is 51.1 Å².